The molecule has 8 nitrogen and oxygen atoms in total. The highest BCUT2D eigenvalue weighted by molar-refractivity contribution is 7.17. The van der Waals surface area contributed by atoms with Gasteiger partial charge in [0.15, 0.2) is 0 Å². The summed E-state index contributed by atoms with van der Waals surface area (Å²) in [5.41, 5.74) is 3.20. The number of carbonyl (C=O) groups excluding carboxylic acids is 1. The van der Waals surface area contributed by atoms with Crippen molar-refractivity contribution >= 4 is 27.5 Å². The molecule has 0 spiro atoms. The van der Waals surface area contributed by atoms with E-state index in [1.165, 1.54) is 11.3 Å². The van der Waals surface area contributed by atoms with Gasteiger partial charge in [0.05, 0.1) is 27.8 Å². The highest BCUT2D eigenvalue weighted by Crippen LogP contribution is 2.22. The lowest BCUT2D eigenvalue weighted by atomic mass is 10.1. The first-order chi connectivity index (χ1) is 13.5. The summed E-state index contributed by atoms with van der Waals surface area (Å²) in [6, 6.07) is 5.62. The molecule has 1 atom stereocenters. The van der Waals surface area contributed by atoms with E-state index in [1.54, 1.807) is 14.8 Å². The van der Waals surface area contributed by atoms with Crippen molar-refractivity contribution in [3.63, 3.8) is 0 Å². The van der Waals surface area contributed by atoms with Crippen LogP contribution < -0.4 is 11.0 Å². The minimum absolute atomic E-state index is 0.0204. The Morgan fingerprint density at radius 3 is 3.04 bits per heavy atom. The molecular formula is C19H24N6O2S. The first kappa shape index (κ1) is 18.8. The number of nitrogens with zero attached hydrogens (tertiary/aromatic N) is 5. The molecule has 1 aromatic carbocycles. The Labute approximate surface area is 166 Å². The Morgan fingerprint density at radius 2 is 2.21 bits per heavy atom. The van der Waals surface area contributed by atoms with Gasteiger partial charge >= 0.3 is 5.69 Å². The van der Waals surface area contributed by atoms with Crippen LogP contribution in [-0.4, -0.2) is 56.8 Å². The lowest BCUT2D eigenvalue weighted by molar-refractivity contribution is 0.0934. The third-order valence-electron chi connectivity index (χ3n) is 5.11. The quantitative estimate of drug-likeness (QED) is 0.699. The second-order valence-corrected chi connectivity index (χ2v) is 8.24. The summed E-state index contributed by atoms with van der Waals surface area (Å²) in [7, 11) is 3.96. The second-order valence-electron chi connectivity index (χ2n) is 7.38. The average molecular weight is 401 g/mol. The molecule has 0 radical (unpaired) electrons. The van der Waals surface area contributed by atoms with Gasteiger partial charge in [0.1, 0.15) is 5.82 Å². The number of aryl methyl sites for hydroxylation is 1. The van der Waals surface area contributed by atoms with Crippen LogP contribution in [0.15, 0.2) is 28.5 Å². The van der Waals surface area contributed by atoms with Crippen molar-refractivity contribution < 1.29 is 4.79 Å². The van der Waals surface area contributed by atoms with Gasteiger partial charge in [-0.15, -0.1) is 11.3 Å². The Morgan fingerprint density at radius 1 is 1.36 bits per heavy atom. The van der Waals surface area contributed by atoms with Crippen LogP contribution in [-0.2, 0) is 19.5 Å². The van der Waals surface area contributed by atoms with Crippen molar-refractivity contribution in [3.05, 3.63) is 45.6 Å². The number of nitrogens with one attached hydrogen (secondary N) is 1. The van der Waals surface area contributed by atoms with Crippen LogP contribution in [0.5, 0.6) is 0 Å². The molecular weight excluding hydrogens is 376 g/mol. The number of carbonyl (C=O) groups is 1. The minimum Gasteiger partial charge on any atom is -0.349 e. The van der Waals surface area contributed by atoms with Crippen LogP contribution >= 0.6 is 11.3 Å². The van der Waals surface area contributed by atoms with Crippen molar-refractivity contribution in [2.24, 2.45) is 0 Å². The molecule has 1 unspecified atom stereocenters. The highest BCUT2D eigenvalue weighted by Gasteiger charge is 2.23. The number of thiazole rings is 1. The lowest BCUT2D eigenvalue weighted by Gasteiger charge is -2.16. The van der Waals surface area contributed by atoms with E-state index in [1.807, 2.05) is 37.2 Å². The summed E-state index contributed by atoms with van der Waals surface area (Å²) in [4.78, 5) is 31.7. The van der Waals surface area contributed by atoms with Gasteiger partial charge in [-0.05, 0) is 39.1 Å². The van der Waals surface area contributed by atoms with E-state index < -0.39 is 0 Å². The van der Waals surface area contributed by atoms with Gasteiger partial charge < -0.3 is 10.2 Å². The molecule has 28 heavy (non-hydrogen) atoms. The number of amides is 1. The number of hydrogen-bond donors (Lipinski definition) is 1. The highest BCUT2D eigenvalue weighted by atomic mass is 32.1. The Hall–Kier alpha value is -2.52. The zero-order valence-corrected chi connectivity index (χ0v) is 16.9. The third-order valence-corrected chi connectivity index (χ3v) is 5.99. The molecule has 3 heterocycles. The van der Waals surface area contributed by atoms with Crippen LogP contribution in [0.3, 0.4) is 0 Å². The van der Waals surface area contributed by atoms with Gasteiger partial charge in [-0.1, -0.05) is 6.07 Å². The molecule has 0 saturated carbocycles. The normalized spacial score (nSPS) is 16.9. The smallest absolute Gasteiger partial charge is 0.345 e. The van der Waals surface area contributed by atoms with Crippen LogP contribution in [0, 0.1) is 0 Å². The first-order valence-electron chi connectivity index (χ1n) is 9.47. The topological polar surface area (TPSA) is 85.0 Å². The maximum Gasteiger partial charge on any atom is 0.345 e. The number of hydrogen-bond acceptors (Lipinski definition) is 6. The first-order valence-corrected chi connectivity index (χ1v) is 10.3. The summed E-state index contributed by atoms with van der Waals surface area (Å²) >= 11 is 1.48. The molecule has 0 bridgehead atoms. The van der Waals surface area contributed by atoms with Gasteiger partial charge in [-0.25, -0.2) is 14.5 Å². The van der Waals surface area contributed by atoms with E-state index in [0.717, 1.165) is 35.4 Å². The molecule has 9 heteroatoms. The number of rotatable bonds is 5. The van der Waals surface area contributed by atoms with E-state index >= 15 is 0 Å². The van der Waals surface area contributed by atoms with Crippen LogP contribution in [0.4, 0.5) is 0 Å². The van der Waals surface area contributed by atoms with Gasteiger partial charge in [0.2, 0.25) is 0 Å². The van der Waals surface area contributed by atoms with E-state index in [-0.39, 0.29) is 17.6 Å². The monoisotopic (exact) mass is 400 g/mol. The predicted molar refractivity (Wildman–Crippen MR) is 109 cm³/mol. The standard InChI is InChI=1S/C19H24N6O2S/c1-23(2)10-11-25-19(27)24-9-8-13(6-7-16(24)22-25)21-18(26)14-4-3-5-15-17(14)28-12-20-15/h3-5,12-13H,6-11H2,1-2H3,(H,21,26). The summed E-state index contributed by atoms with van der Waals surface area (Å²) in [5, 5.41) is 7.65. The SMILES string of the molecule is CN(C)CCn1nc2n(c1=O)CCC(NC(=O)c1cccc3ncsc13)CC2. The molecule has 0 aliphatic carbocycles. The van der Waals surface area contributed by atoms with Crippen LogP contribution in [0.2, 0.25) is 0 Å². The van der Waals surface area contributed by atoms with Gasteiger partial charge in [-0.2, -0.15) is 5.10 Å². The molecule has 2 aromatic heterocycles. The Kier molecular flexibility index (Phi) is 5.27. The lowest BCUT2D eigenvalue weighted by Crippen LogP contribution is -2.36. The van der Waals surface area contributed by atoms with Crippen molar-refractivity contribution in [2.75, 3.05) is 20.6 Å². The molecule has 1 N–H and O–H groups in total. The molecule has 1 amide bonds. The van der Waals surface area contributed by atoms with E-state index in [4.69, 9.17) is 0 Å². The number of likely N-dealkylation sites (N-methyl/N-ethyl adjacent to an activating group) is 1. The van der Waals surface area contributed by atoms with E-state index in [2.05, 4.69) is 15.4 Å². The molecule has 4 rings (SSSR count). The summed E-state index contributed by atoms with van der Waals surface area (Å²) < 4.78 is 4.22. The van der Waals surface area contributed by atoms with Crippen LogP contribution in [0.25, 0.3) is 10.2 Å². The second kappa shape index (κ2) is 7.84. The summed E-state index contributed by atoms with van der Waals surface area (Å²) in [6.45, 7) is 1.94. The van der Waals surface area contributed by atoms with Gasteiger partial charge in [-0.3, -0.25) is 9.36 Å². The fourth-order valence-corrected chi connectivity index (χ4v) is 4.34. The largest absolute Gasteiger partial charge is 0.349 e. The number of fused-ring (bicyclic) bond motifs is 2. The number of aromatic nitrogens is 4. The van der Waals surface area contributed by atoms with Crippen molar-refractivity contribution in [1.82, 2.24) is 29.5 Å². The van der Waals surface area contributed by atoms with Gasteiger partial charge in [0, 0.05) is 25.6 Å². The molecule has 1 aliphatic heterocycles. The van der Waals surface area contributed by atoms with Crippen molar-refractivity contribution in [3.8, 4) is 0 Å². The molecule has 1 aliphatic rings. The fraction of sp³-hybridized carbons (Fsp3) is 0.474. The number of benzene rings is 1. The fourth-order valence-electron chi connectivity index (χ4n) is 3.54. The maximum absolute atomic E-state index is 12.8. The maximum atomic E-state index is 12.8. The van der Waals surface area contributed by atoms with Gasteiger partial charge in [0.25, 0.3) is 5.91 Å². The Bertz CT molecular complexity index is 1050. The zero-order chi connectivity index (χ0) is 19.7. The summed E-state index contributed by atoms with van der Waals surface area (Å²) in [5.74, 6) is 0.729. The average Bonchev–Trinajstić information content (AvgIpc) is 3.21. The minimum atomic E-state index is -0.0808. The Balaban J connectivity index is 1.44. The zero-order valence-electron chi connectivity index (χ0n) is 16.1. The molecule has 3 aromatic rings. The van der Waals surface area contributed by atoms with E-state index in [9.17, 15) is 9.59 Å². The molecule has 148 valence electrons. The molecule has 0 saturated heterocycles. The van der Waals surface area contributed by atoms with Crippen molar-refractivity contribution in [2.45, 2.75) is 38.4 Å². The summed E-state index contributed by atoms with van der Waals surface area (Å²) in [6.07, 6.45) is 2.17. The van der Waals surface area contributed by atoms with Crippen molar-refractivity contribution in [1.29, 1.82) is 0 Å². The van der Waals surface area contributed by atoms with E-state index in [0.29, 0.717) is 25.1 Å². The predicted octanol–water partition coefficient (Wildman–Crippen LogP) is 1.35. The van der Waals surface area contributed by atoms with Crippen LogP contribution in [0.1, 0.15) is 29.0 Å². The molecule has 0 fully saturated rings. The third kappa shape index (κ3) is 3.72.